The van der Waals surface area contributed by atoms with Crippen LogP contribution >= 0.6 is 11.8 Å². The first-order chi connectivity index (χ1) is 12.6. The van der Waals surface area contributed by atoms with Crippen molar-refractivity contribution in [1.29, 1.82) is 0 Å². The van der Waals surface area contributed by atoms with Crippen LogP contribution in [0.5, 0.6) is 0 Å². The van der Waals surface area contributed by atoms with Crippen LogP contribution < -0.4 is 0 Å². The van der Waals surface area contributed by atoms with Gasteiger partial charge in [-0.25, -0.2) is 4.98 Å². The molecule has 0 unspecified atom stereocenters. The molecule has 26 heavy (non-hydrogen) atoms. The number of imidazole rings is 1. The van der Waals surface area contributed by atoms with Gasteiger partial charge in [0.1, 0.15) is 0 Å². The highest BCUT2D eigenvalue weighted by atomic mass is 32.2. The van der Waals surface area contributed by atoms with Crippen molar-refractivity contribution in [3.05, 3.63) is 36.5 Å². The number of amides is 1. The number of ether oxygens (including phenoxy) is 1. The van der Waals surface area contributed by atoms with Gasteiger partial charge in [0, 0.05) is 13.1 Å². The Labute approximate surface area is 157 Å². The Morgan fingerprint density at radius 3 is 2.62 bits per heavy atom. The summed E-state index contributed by atoms with van der Waals surface area (Å²) in [5.41, 5.74) is 2.00. The van der Waals surface area contributed by atoms with E-state index >= 15 is 0 Å². The Morgan fingerprint density at radius 1 is 1.27 bits per heavy atom. The summed E-state index contributed by atoms with van der Waals surface area (Å²) in [4.78, 5) is 33.7. The molecular formula is C19H23N3O3S. The number of aromatic nitrogens is 2. The number of piperidine rings is 1. The van der Waals surface area contributed by atoms with Gasteiger partial charge in [-0.2, -0.15) is 0 Å². The predicted molar refractivity (Wildman–Crippen MR) is 101 cm³/mol. The Morgan fingerprint density at radius 2 is 1.96 bits per heavy atom. The highest BCUT2D eigenvalue weighted by molar-refractivity contribution is 8.00. The second-order valence-corrected chi connectivity index (χ2v) is 7.68. The number of thioether (sulfide) groups is 1. The molecule has 0 bridgehead atoms. The minimum absolute atomic E-state index is 0.0796. The molecule has 1 saturated heterocycles. The van der Waals surface area contributed by atoms with E-state index in [-0.39, 0.29) is 23.0 Å². The van der Waals surface area contributed by atoms with Gasteiger partial charge in [-0.1, -0.05) is 42.1 Å². The molecule has 1 aromatic carbocycles. The number of esters is 1. The number of H-pyrrole nitrogens is 1. The van der Waals surface area contributed by atoms with Gasteiger partial charge in [-0.3, -0.25) is 9.59 Å². The SMILES string of the molecule is COC(=O)C1CCN(C(=O)[C@H](C)Sc2ncc(-c3ccccc3)[nH]2)CC1. The number of rotatable bonds is 5. The summed E-state index contributed by atoms with van der Waals surface area (Å²) in [6, 6.07) is 9.96. The molecule has 1 N–H and O–H groups in total. The van der Waals surface area contributed by atoms with Gasteiger partial charge in [0.05, 0.1) is 30.2 Å². The van der Waals surface area contributed by atoms with Crippen LogP contribution in [-0.4, -0.2) is 52.2 Å². The zero-order valence-corrected chi connectivity index (χ0v) is 15.8. The Hall–Kier alpha value is -2.28. The minimum atomic E-state index is -0.237. The number of hydrogen-bond acceptors (Lipinski definition) is 5. The molecule has 0 spiro atoms. The number of likely N-dealkylation sites (tertiary alicyclic amines) is 1. The van der Waals surface area contributed by atoms with Crippen LogP contribution in [0.15, 0.2) is 41.7 Å². The number of hydrogen-bond donors (Lipinski definition) is 1. The molecule has 1 aromatic heterocycles. The highest BCUT2D eigenvalue weighted by Gasteiger charge is 2.30. The number of nitrogens with one attached hydrogen (secondary N) is 1. The van der Waals surface area contributed by atoms with Crippen LogP contribution in [-0.2, 0) is 14.3 Å². The molecule has 0 saturated carbocycles. The van der Waals surface area contributed by atoms with E-state index in [0.29, 0.717) is 25.9 Å². The number of nitrogens with zero attached hydrogens (tertiary/aromatic N) is 2. The van der Waals surface area contributed by atoms with Gasteiger partial charge in [-0.05, 0) is 25.3 Å². The van der Waals surface area contributed by atoms with Crippen molar-refractivity contribution >= 4 is 23.6 Å². The van der Waals surface area contributed by atoms with Gasteiger partial charge in [0.2, 0.25) is 5.91 Å². The molecule has 0 aliphatic carbocycles. The largest absolute Gasteiger partial charge is 0.469 e. The van der Waals surface area contributed by atoms with Gasteiger partial charge < -0.3 is 14.6 Å². The Balaban J connectivity index is 1.55. The maximum absolute atomic E-state index is 12.7. The second kappa shape index (κ2) is 8.40. The summed E-state index contributed by atoms with van der Waals surface area (Å²) in [6.07, 6.45) is 3.11. The minimum Gasteiger partial charge on any atom is -0.469 e. The zero-order valence-electron chi connectivity index (χ0n) is 15.0. The highest BCUT2D eigenvalue weighted by Crippen LogP contribution is 2.27. The molecule has 2 heterocycles. The predicted octanol–water partition coefficient (Wildman–Crippen LogP) is 2.97. The molecule has 7 heteroatoms. The summed E-state index contributed by atoms with van der Waals surface area (Å²) in [6.45, 7) is 3.08. The fourth-order valence-corrected chi connectivity index (χ4v) is 3.97. The molecule has 1 atom stereocenters. The Kier molecular flexibility index (Phi) is 5.98. The van der Waals surface area contributed by atoms with Crippen molar-refractivity contribution in [2.24, 2.45) is 5.92 Å². The lowest BCUT2D eigenvalue weighted by Gasteiger charge is -2.32. The van der Waals surface area contributed by atoms with Gasteiger partial charge >= 0.3 is 5.97 Å². The maximum Gasteiger partial charge on any atom is 0.308 e. The van der Waals surface area contributed by atoms with Crippen LogP contribution in [0, 0.1) is 5.92 Å². The van der Waals surface area contributed by atoms with E-state index < -0.39 is 0 Å². The lowest BCUT2D eigenvalue weighted by atomic mass is 9.97. The third-order valence-corrected chi connectivity index (χ3v) is 5.60. The van der Waals surface area contributed by atoms with E-state index in [1.54, 1.807) is 6.20 Å². The van der Waals surface area contributed by atoms with Crippen LogP contribution in [0.2, 0.25) is 0 Å². The second-order valence-electron chi connectivity index (χ2n) is 6.35. The summed E-state index contributed by atoms with van der Waals surface area (Å²) in [5.74, 6) is -0.190. The third kappa shape index (κ3) is 4.27. The molecule has 3 rings (SSSR count). The molecular weight excluding hydrogens is 350 g/mol. The summed E-state index contributed by atoms with van der Waals surface area (Å²) >= 11 is 1.42. The van der Waals surface area contributed by atoms with E-state index in [2.05, 4.69) is 9.97 Å². The monoisotopic (exact) mass is 373 g/mol. The molecule has 1 amide bonds. The standard InChI is InChI=1S/C19H23N3O3S/c1-13(17(23)22-10-8-15(9-11-22)18(24)25-2)26-19-20-12-16(21-19)14-6-4-3-5-7-14/h3-7,12-13,15H,8-11H2,1-2H3,(H,20,21)/t13-/m0/s1. The molecule has 0 radical (unpaired) electrons. The number of methoxy groups -OCH3 is 1. The van der Waals surface area contributed by atoms with Crippen molar-refractivity contribution < 1.29 is 14.3 Å². The molecule has 1 fully saturated rings. The first-order valence-electron chi connectivity index (χ1n) is 8.72. The van der Waals surface area contributed by atoms with E-state index in [4.69, 9.17) is 4.74 Å². The first kappa shape index (κ1) is 18.5. The number of carbonyl (C=O) groups is 2. The molecule has 1 aliphatic rings. The Bertz CT molecular complexity index is 754. The molecule has 138 valence electrons. The van der Waals surface area contributed by atoms with Crippen molar-refractivity contribution in [3.8, 4) is 11.3 Å². The van der Waals surface area contributed by atoms with Crippen molar-refractivity contribution in [1.82, 2.24) is 14.9 Å². The molecule has 2 aromatic rings. The van der Waals surface area contributed by atoms with E-state index in [1.165, 1.54) is 18.9 Å². The fourth-order valence-electron chi connectivity index (χ4n) is 3.10. The summed E-state index contributed by atoms with van der Waals surface area (Å²) in [5, 5.41) is 0.494. The van der Waals surface area contributed by atoms with E-state index in [1.807, 2.05) is 42.2 Å². The molecule has 6 nitrogen and oxygen atoms in total. The normalized spacial score (nSPS) is 16.3. The number of aromatic amines is 1. The first-order valence-corrected chi connectivity index (χ1v) is 9.60. The third-order valence-electron chi connectivity index (χ3n) is 4.61. The van der Waals surface area contributed by atoms with Crippen molar-refractivity contribution in [2.45, 2.75) is 30.2 Å². The number of carbonyl (C=O) groups excluding carboxylic acids is 2. The summed E-state index contributed by atoms with van der Waals surface area (Å²) < 4.78 is 4.79. The van der Waals surface area contributed by atoms with Crippen LogP contribution in [0.1, 0.15) is 19.8 Å². The average Bonchev–Trinajstić information content (AvgIpc) is 3.16. The smallest absolute Gasteiger partial charge is 0.308 e. The van der Waals surface area contributed by atoms with Gasteiger partial charge in [0.15, 0.2) is 5.16 Å². The molecule has 1 aliphatic heterocycles. The average molecular weight is 373 g/mol. The van der Waals surface area contributed by atoms with Crippen molar-refractivity contribution in [3.63, 3.8) is 0 Å². The van der Waals surface area contributed by atoms with E-state index in [0.717, 1.165) is 16.4 Å². The number of benzene rings is 1. The van der Waals surface area contributed by atoms with Gasteiger partial charge in [-0.15, -0.1) is 0 Å². The quantitative estimate of drug-likeness (QED) is 0.644. The summed E-state index contributed by atoms with van der Waals surface area (Å²) in [7, 11) is 1.41. The fraction of sp³-hybridized carbons (Fsp3) is 0.421. The van der Waals surface area contributed by atoms with Gasteiger partial charge in [0.25, 0.3) is 0 Å². The zero-order chi connectivity index (χ0) is 18.5. The lowest BCUT2D eigenvalue weighted by molar-refractivity contribution is -0.148. The van der Waals surface area contributed by atoms with Crippen LogP contribution in [0.25, 0.3) is 11.3 Å². The topological polar surface area (TPSA) is 75.3 Å². The van der Waals surface area contributed by atoms with Crippen LogP contribution in [0.3, 0.4) is 0 Å². The lowest BCUT2D eigenvalue weighted by Crippen LogP contribution is -2.43. The maximum atomic E-state index is 12.7. The van der Waals surface area contributed by atoms with Crippen molar-refractivity contribution in [2.75, 3.05) is 20.2 Å². The van der Waals surface area contributed by atoms with Crippen LogP contribution in [0.4, 0.5) is 0 Å². The van der Waals surface area contributed by atoms with E-state index in [9.17, 15) is 9.59 Å².